The zero-order valence-electron chi connectivity index (χ0n) is 12.1. The van der Waals surface area contributed by atoms with E-state index in [9.17, 15) is 18.3 Å². The van der Waals surface area contributed by atoms with Crippen LogP contribution in [-0.2, 0) is 14.8 Å². The number of nitrogens with one attached hydrogen (secondary N) is 1. The molecule has 2 unspecified atom stereocenters. The van der Waals surface area contributed by atoms with Crippen LogP contribution in [-0.4, -0.2) is 43.9 Å². The van der Waals surface area contributed by atoms with Crippen molar-refractivity contribution in [3.63, 3.8) is 0 Å². The Balaban J connectivity index is 2.32. The number of hydrogen-bond acceptors (Lipinski definition) is 4. The van der Waals surface area contributed by atoms with Gasteiger partial charge in [0.25, 0.3) is 0 Å². The van der Waals surface area contributed by atoms with Crippen molar-refractivity contribution in [3.8, 4) is 0 Å². The lowest BCUT2D eigenvalue weighted by Crippen LogP contribution is -2.31. The van der Waals surface area contributed by atoms with Gasteiger partial charge < -0.3 is 10.4 Å². The molecule has 0 bridgehead atoms. The lowest BCUT2D eigenvalue weighted by Gasteiger charge is -2.22. The Hall–Kier alpha value is -1.60. The molecule has 21 heavy (non-hydrogen) atoms. The van der Waals surface area contributed by atoms with Gasteiger partial charge in [0, 0.05) is 20.1 Å². The predicted molar refractivity (Wildman–Crippen MR) is 79.7 cm³/mol. The standard InChI is InChI=1S/C14H20N2O4S/c1-16(2)21(19,20)13-9-4-3-7-12(13)15-11-8-5-6-10(11)14(17)18/h3-4,7,9-11,15H,5-6,8H2,1-2H3,(H,17,18). The summed E-state index contributed by atoms with van der Waals surface area (Å²) in [5.74, 6) is -1.31. The van der Waals surface area contributed by atoms with Gasteiger partial charge in [-0.3, -0.25) is 4.79 Å². The smallest absolute Gasteiger partial charge is 0.308 e. The Morgan fingerprint density at radius 1 is 1.29 bits per heavy atom. The normalized spacial score (nSPS) is 22.4. The monoisotopic (exact) mass is 312 g/mol. The Kier molecular flexibility index (Phi) is 4.53. The molecule has 6 nitrogen and oxygen atoms in total. The highest BCUT2D eigenvalue weighted by Crippen LogP contribution is 2.31. The molecule has 1 aliphatic carbocycles. The van der Waals surface area contributed by atoms with Crippen LogP contribution < -0.4 is 5.32 Å². The summed E-state index contributed by atoms with van der Waals surface area (Å²) in [4.78, 5) is 11.4. The first-order valence-corrected chi connectivity index (χ1v) is 8.29. The summed E-state index contributed by atoms with van der Waals surface area (Å²) in [7, 11) is -0.616. The van der Waals surface area contributed by atoms with Gasteiger partial charge >= 0.3 is 5.97 Å². The van der Waals surface area contributed by atoms with E-state index in [1.54, 1.807) is 18.2 Å². The van der Waals surface area contributed by atoms with Gasteiger partial charge in [-0.15, -0.1) is 0 Å². The SMILES string of the molecule is CN(C)S(=O)(=O)c1ccccc1NC1CCCC1C(=O)O. The second kappa shape index (κ2) is 6.03. The summed E-state index contributed by atoms with van der Waals surface area (Å²) in [5.41, 5.74) is 0.462. The van der Waals surface area contributed by atoms with Gasteiger partial charge in [0.2, 0.25) is 10.0 Å². The van der Waals surface area contributed by atoms with Gasteiger partial charge in [0.15, 0.2) is 0 Å². The average Bonchev–Trinajstić information content (AvgIpc) is 2.87. The van der Waals surface area contributed by atoms with Crippen LogP contribution in [0.5, 0.6) is 0 Å². The van der Waals surface area contributed by atoms with Gasteiger partial charge in [0.05, 0.1) is 11.6 Å². The molecular weight excluding hydrogens is 292 g/mol. The highest BCUT2D eigenvalue weighted by atomic mass is 32.2. The summed E-state index contributed by atoms with van der Waals surface area (Å²) >= 11 is 0. The zero-order chi connectivity index (χ0) is 15.6. The second-order valence-corrected chi connectivity index (χ2v) is 7.53. The van der Waals surface area contributed by atoms with Crippen molar-refractivity contribution in [3.05, 3.63) is 24.3 Å². The molecule has 0 amide bonds. The lowest BCUT2D eigenvalue weighted by atomic mass is 10.0. The molecule has 0 aliphatic heterocycles. The largest absolute Gasteiger partial charge is 0.481 e. The maximum absolute atomic E-state index is 12.3. The summed E-state index contributed by atoms with van der Waals surface area (Å²) in [6.45, 7) is 0. The van der Waals surface area contributed by atoms with E-state index in [2.05, 4.69) is 5.32 Å². The van der Waals surface area contributed by atoms with Crippen LogP contribution in [0, 0.1) is 5.92 Å². The molecule has 7 heteroatoms. The maximum atomic E-state index is 12.3. The molecule has 1 saturated carbocycles. The number of carboxylic acid groups (broad SMARTS) is 1. The quantitative estimate of drug-likeness (QED) is 0.862. The first-order valence-electron chi connectivity index (χ1n) is 6.85. The van der Waals surface area contributed by atoms with Gasteiger partial charge in [0.1, 0.15) is 4.90 Å². The molecule has 1 fully saturated rings. The highest BCUT2D eigenvalue weighted by molar-refractivity contribution is 7.89. The minimum Gasteiger partial charge on any atom is -0.481 e. The molecular formula is C14H20N2O4S. The van der Waals surface area contributed by atoms with Crippen LogP contribution >= 0.6 is 0 Å². The van der Waals surface area contributed by atoms with Crippen LogP contribution in [0.1, 0.15) is 19.3 Å². The average molecular weight is 312 g/mol. The Morgan fingerprint density at radius 3 is 2.57 bits per heavy atom. The van der Waals surface area contributed by atoms with Crippen molar-refractivity contribution in [2.75, 3.05) is 19.4 Å². The number of carbonyl (C=O) groups is 1. The Morgan fingerprint density at radius 2 is 1.95 bits per heavy atom. The summed E-state index contributed by atoms with van der Waals surface area (Å²) in [6.07, 6.45) is 2.18. The Labute approximate surface area is 124 Å². The van der Waals surface area contributed by atoms with E-state index in [0.29, 0.717) is 12.1 Å². The summed E-state index contributed by atoms with van der Waals surface area (Å²) in [6, 6.07) is 6.36. The molecule has 1 aromatic carbocycles. The van der Waals surface area contributed by atoms with E-state index < -0.39 is 21.9 Å². The van der Waals surface area contributed by atoms with Crippen molar-refractivity contribution in [1.82, 2.24) is 4.31 Å². The molecule has 2 rings (SSSR count). The van der Waals surface area contributed by atoms with Crippen molar-refractivity contribution < 1.29 is 18.3 Å². The fourth-order valence-electron chi connectivity index (χ4n) is 2.64. The number of sulfonamides is 1. The van der Waals surface area contributed by atoms with Crippen molar-refractivity contribution in [2.24, 2.45) is 5.92 Å². The molecule has 0 spiro atoms. The van der Waals surface area contributed by atoms with Gasteiger partial charge in [-0.25, -0.2) is 12.7 Å². The van der Waals surface area contributed by atoms with Crippen LogP contribution in [0.3, 0.4) is 0 Å². The molecule has 0 aromatic heterocycles. The van der Waals surface area contributed by atoms with Crippen molar-refractivity contribution in [2.45, 2.75) is 30.2 Å². The summed E-state index contributed by atoms with van der Waals surface area (Å²) in [5, 5.41) is 12.3. The molecule has 2 N–H and O–H groups in total. The van der Waals surface area contributed by atoms with Gasteiger partial charge in [-0.05, 0) is 25.0 Å². The van der Waals surface area contributed by atoms with Crippen LogP contribution in [0.15, 0.2) is 29.2 Å². The van der Waals surface area contributed by atoms with E-state index in [1.807, 2.05) is 0 Å². The fourth-order valence-corrected chi connectivity index (χ4v) is 3.68. The van der Waals surface area contributed by atoms with Crippen LogP contribution in [0.2, 0.25) is 0 Å². The maximum Gasteiger partial charge on any atom is 0.308 e. The second-order valence-electron chi connectivity index (χ2n) is 5.41. The van der Waals surface area contributed by atoms with E-state index in [4.69, 9.17) is 0 Å². The molecule has 2 atom stereocenters. The minimum atomic E-state index is -3.56. The summed E-state index contributed by atoms with van der Waals surface area (Å²) < 4.78 is 25.8. The van der Waals surface area contributed by atoms with E-state index in [1.165, 1.54) is 20.2 Å². The molecule has 0 radical (unpaired) electrons. The first-order chi connectivity index (χ1) is 9.84. The number of hydrogen-bond donors (Lipinski definition) is 2. The minimum absolute atomic E-state index is 0.172. The number of nitrogens with zero attached hydrogens (tertiary/aromatic N) is 1. The number of carboxylic acids is 1. The number of anilines is 1. The van der Waals surface area contributed by atoms with E-state index in [0.717, 1.165) is 17.1 Å². The zero-order valence-corrected chi connectivity index (χ0v) is 12.9. The van der Waals surface area contributed by atoms with Crippen molar-refractivity contribution in [1.29, 1.82) is 0 Å². The third-order valence-corrected chi connectivity index (χ3v) is 5.69. The topological polar surface area (TPSA) is 86.7 Å². The van der Waals surface area contributed by atoms with Gasteiger partial charge in [-0.2, -0.15) is 0 Å². The van der Waals surface area contributed by atoms with E-state index in [-0.39, 0.29) is 10.9 Å². The predicted octanol–water partition coefficient (Wildman–Crippen LogP) is 1.60. The lowest BCUT2D eigenvalue weighted by molar-refractivity contribution is -0.141. The van der Waals surface area contributed by atoms with Crippen LogP contribution in [0.4, 0.5) is 5.69 Å². The highest BCUT2D eigenvalue weighted by Gasteiger charge is 2.34. The molecule has 1 aromatic rings. The first kappa shape index (κ1) is 15.8. The number of aliphatic carboxylic acids is 1. The molecule has 0 saturated heterocycles. The molecule has 0 heterocycles. The Bertz CT molecular complexity index is 628. The third kappa shape index (κ3) is 3.19. The number of benzene rings is 1. The van der Waals surface area contributed by atoms with Crippen LogP contribution in [0.25, 0.3) is 0 Å². The third-order valence-electron chi connectivity index (χ3n) is 3.82. The van der Waals surface area contributed by atoms with Crippen molar-refractivity contribution >= 4 is 21.7 Å². The number of rotatable bonds is 5. The molecule has 116 valence electrons. The van der Waals surface area contributed by atoms with E-state index >= 15 is 0 Å². The molecule has 1 aliphatic rings. The number of para-hydroxylation sites is 1. The van der Waals surface area contributed by atoms with Gasteiger partial charge in [-0.1, -0.05) is 18.6 Å². The fraction of sp³-hybridized carbons (Fsp3) is 0.500.